The molecule has 5 nitrogen and oxygen atoms in total. The van der Waals surface area contributed by atoms with Gasteiger partial charge in [-0.05, 0) is 207 Å². The van der Waals surface area contributed by atoms with Crippen LogP contribution in [0.2, 0.25) is 0 Å². The van der Waals surface area contributed by atoms with Gasteiger partial charge in [0.25, 0.3) is 19.2 Å². The van der Waals surface area contributed by atoms with Gasteiger partial charge >= 0.3 is 0 Å². The summed E-state index contributed by atoms with van der Waals surface area (Å²) in [5.41, 5.74) is 29.5. The molecule has 0 radical (unpaired) electrons. The van der Waals surface area contributed by atoms with Gasteiger partial charge in [0, 0.05) is 74.0 Å². The first-order chi connectivity index (χ1) is 59.6. The van der Waals surface area contributed by atoms with Crippen molar-refractivity contribution in [2.45, 2.75) is 0 Å². The van der Waals surface area contributed by atoms with Crippen LogP contribution in [-0.4, -0.2) is 13.4 Å². The number of hydrogen-bond donors (Lipinski definition) is 2. The average Bonchev–Trinajstić information content (AvgIpc) is 0.682. The maximum absolute atomic E-state index is 4.57. The summed E-state index contributed by atoms with van der Waals surface area (Å²) >= 11 is 0. The first-order valence-electron chi connectivity index (χ1n) is 41.8. The van der Waals surface area contributed by atoms with Crippen LogP contribution in [0, 0.1) is 0 Å². The van der Waals surface area contributed by atoms with E-state index < -0.39 is 0 Å². The lowest BCUT2D eigenvalue weighted by molar-refractivity contribution is -0.567. The maximum atomic E-state index is 4.57. The van der Waals surface area contributed by atoms with Crippen LogP contribution in [0.3, 0.4) is 0 Å². The van der Waals surface area contributed by atoms with E-state index in [1.807, 2.05) is 0 Å². The van der Waals surface area contributed by atoms with Crippen LogP contribution in [0.1, 0.15) is 0 Å². The van der Waals surface area contributed by atoms with Crippen molar-refractivity contribution in [3.63, 3.8) is 0 Å². The third kappa shape index (κ3) is 9.77. The van der Waals surface area contributed by atoms with Gasteiger partial charge in [0.1, 0.15) is 17.1 Å². The number of benzene rings is 21. The number of rotatable bonds is 8. The molecule has 0 fully saturated rings. The van der Waals surface area contributed by atoms with E-state index in [1.54, 1.807) is 0 Å². The van der Waals surface area contributed by atoms with Crippen molar-refractivity contribution in [1.29, 1.82) is 0 Å². The second-order valence-corrected chi connectivity index (χ2v) is 32.7. The van der Waals surface area contributed by atoms with Crippen LogP contribution < -0.4 is 57.8 Å². The Morgan fingerprint density at radius 1 is 0.217 bits per heavy atom. The molecule has 5 heterocycles. The van der Waals surface area contributed by atoms with Crippen molar-refractivity contribution in [3.8, 4) is 61.5 Å². The van der Waals surface area contributed by atoms with Crippen LogP contribution in [-0.2, 0) is 0 Å². The van der Waals surface area contributed by atoms with E-state index in [0.29, 0.717) is 0 Å². The average molecular weight is 1520 g/mol. The van der Waals surface area contributed by atoms with Crippen molar-refractivity contribution in [3.05, 3.63) is 413 Å². The molecule has 26 rings (SSSR count). The highest BCUT2D eigenvalue weighted by atomic mass is 15.2. The van der Waals surface area contributed by atoms with Crippen LogP contribution in [0.4, 0.5) is 57.0 Å². The second-order valence-electron chi connectivity index (χ2n) is 32.7. The lowest BCUT2D eigenvalue weighted by Crippen LogP contribution is -2.65. The smallest absolute Gasteiger partial charge is 0.282 e. The Balaban J connectivity index is 0.787. The SMILES string of the molecule is c1ccc(-c2cc3c4c(c2)N(c2ccc5c6ccccc6c6ccccc6c5c2)c2cc5c(cc2B4c2cccc(-c4ccc6c7ccccc7c7ccccc7c6c4)c2N3)B2c3ccccc3N(c3c(-c4ccccc4)cccc3-c3ccccc3)c3cc(-c4ccccc4)[n+](-c4ccc6c7ccccc7c7ccccc7c6c4)c(c32)N5)cc1. The minimum atomic E-state index is -0.305. The quantitative estimate of drug-likeness (QED) is 0.0903. The molecule has 4 aliphatic heterocycles. The van der Waals surface area contributed by atoms with Gasteiger partial charge in [-0.1, -0.05) is 346 Å². The van der Waals surface area contributed by atoms with Crippen LogP contribution >= 0.6 is 0 Å². The number of hydrogen-bond acceptors (Lipinski definition) is 4. The molecular formula is C113H70B2N5+. The summed E-state index contributed by atoms with van der Waals surface area (Å²) in [4.78, 5) is 5.27. The lowest BCUT2D eigenvalue weighted by atomic mass is 9.30. The fourth-order valence-electron chi connectivity index (χ4n) is 21.5. The number of nitrogens with zero attached hydrogens (tertiary/aromatic N) is 3. The Kier molecular flexibility index (Phi) is 14.4. The number of pyridine rings is 1. The Morgan fingerprint density at radius 2 is 0.650 bits per heavy atom. The van der Waals surface area contributed by atoms with Gasteiger partial charge in [-0.15, -0.1) is 0 Å². The van der Waals surface area contributed by atoms with E-state index in [4.69, 9.17) is 0 Å². The zero-order valence-electron chi connectivity index (χ0n) is 65.3. The number of nitrogens with one attached hydrogen (secondary N) is 2. The molecule has 1 aromatic heterocycles. The van der Waals surface area contributed by atoms with E-state index in [1.165, 1.54) is 130 Å². The molecule has 0 unspecified atom stereocenters. The number of anilines is 10. The van der Waals surface area contributed by atoms with Gasteiger partial charge in [-0.3, -0.25) is 0 Å². The minimum absolute atomic E-state index is 0.251. The zero-order valence-corrected chi connectivity index (χ0v) is 65.3. The van der Waals surface area contributed by atoms with E-state index in [0.717, 1.165) is 118 Å². The molecule has 21 aromatic carbocycles. The molecule has 0 saturated heterocycles. The zero-order chi connectivity index (χ0) is 78.4. The summed E-state index contributed by atoms with van der Waals surface area (Å²) < 4.78 is 2.58. The largest absolute Gasteiger partial charge is 0.356 e. The van der Waals surface area contributed by atoms with Gasteiger partial charge in [0.15, 0.2) is 0 Å². The summed E-state index contributed by atoms with van der Waals surface area (Å²) in [6.45, 7) is -0.556. The molecule has 0 amide bonds. The summed E-state index contributed by atoms with van der Waals surface area (Å²) in [5.74, 6) is 1.000. The Bertz CT molecular complexity index is 8030. The molecule has 0 saturated carbocycles. The highest BCUT2D eigenvalue weighted by molar-refractivity contribution is 7.03. The predicted octanol–water partition coefficient (Wildman–Crippen LogP) is 25.4. The second kappa shape index (κ2) is 26.0. The summed E-state index contributed by atoms with van der Waals surface area (Å²) in [6, 6.07) is 156. The third-order valence-corrected chi connectivity index (χ3v) is 26.6. The summed E-state index contributed by atoms with van der Waals surface area (Å²) in [5, 5.41) is 31.2. The topological polar surface area (TPSA) is 34.4 Å². The molecule has 0 aliphatic carbocycles. The number of aromatic nitrogens is 1. The van der Waals surface area contributed by atoms with Gasteiger partial charge in [-0.25, -0.2) is 5.32 Å². The molecule has 0 atom stereocenters. The maximum Gasteiger partial charge on any atom is 0.282 e. The number of fused-ring (bicyclic) bond motifs is 26. The summed E-state index contributed by atoms with van der Waals surface area (Å²) in [6.07, 6.45) is 0. The van der Waals surface area contributed by atoms with Crippen LogP contribution in [0.5, 0.6) is 0 Å². The van der Waals surface area contributed by atoms with E-state index in [-0.39, 0.29) is 13.4 Å². The van der Waals surface area contributed by atoms with Gasteiger partial charge in [-0.2, -0.15) is 4.57 Å². The molecule has 22 aromatic rings. The monoisotopic (exact) mass is 1520 g/mol. The molecular weight excluding hydrogens is 1450 g/mol. The predicted molar refractivity (Wildman–Crippen MR) is 511 cm³/mol. The lowest BCUT2D eigenvalue weighted by Gasteiger charge is -2.43. The van der Waals surface area contributed by atoms with Crippen molar-refractivity contribution < 1.29 is 4.57 Å². The molecule has 0 spiro atoms. The van der Waals surface area contributed by atoms with Gasteiger partial charge in [0.05, 0.1) is 11.4 Å². The van der Waals surface area contributed by atoms with Crippen molar-refractivity contribution in [2.75, 3.05) is 20.4 Å². The third-order valence-electron chi connectivity index (χ3n) is 26.6. The molecule has 552 valence electrons. The van der Waals surface area contributed by atoms with Crippen molar-refractivity contribution in [1.82, 2.24) is 0 Å². The molecule has 2 N–H and O–H groups in total. The summed E-state index contributed by atoms with van der Waals surface area (Å²) in [7, 11) is 0. The Labute approximate surface area is 694 Å². The van der Waals surface area contributed by atoms with Crippen LogP contribution in [0.25, 0.3) is 158 Å². The first-order valence-corrected chi connectivity index (χ1v) is 41.8. The molecule has 120 heavy (non-hydrogen) atoms. The van der Waals surface area contributed by atoms with Gasteiger partial charge < -0.3 is 15.1 Å². The standard InChI is InChI=1S/C113H69B2N5/c1-5-29-69(30-6-1)74-62-103-109-107(63-74)118(75-56-59-93-87-44-17-14-38-81(87)84-41-20-23-47-90(84)96(93)64-75)106-67-102-100(66-101(106)115(109)99-53-28-49-77(111(99)116-103)73-55-58-92-86-43-16-13-37-80(86)83-40-19-22-46-89(83)95(92)61-73)114-98-52-25-26-54-104(98)120(112-78(70-31-7-2-8-32-70)50-27-51-79(112)71-33-9-3-10-34-71)108-68-105(72-35-11-4-12-36-72)119(113(117-102)110(108)114)76-57-60-94-88-45-18-15-39-82(88)85-42-21-24-48-91(85)97(94)65-76/h1-68,116H/p+1. The Hall–Kier alpha value is -15.6. The molecule has 7 heteroatoms. The van der Waals surface area contributed by atoms with E-state index >= 15 is 0 Å². The highest BCUT2D eigenvalue weighted by Crippen LogP contribution is 2.52. The van der Waals surface area contributed by atoms with Crippen molar-refractivity contribution >= 4 is 200 Å². The van der Waals surface area contributed by atoms with E-state index in [2.05, 4.69) is 438 Å². The fraction of sp³-hybridized carbons (Fsp3) is 0. The number of para-hydroxylation sites is 3. The first kappa shape index (κ1) is 66.7. The molecule has 0 bridgehead atoms. The van der Waals surface area contributed by atoms with Crippen LogP contribution in [0.15, 0.2) is 413 Å². The highest BCUT2D eigenvalue weighted by Gasteiger charge is 2.50. The van der Waals surface area contributed by atoms with Gasteiger partial charge in [0.2, 0.25) is 0 Å². The minimum Gasteiger partial charge on any atom is -0.356 e. The molecule has 4 aliphatic rings. The van der Waals surface area contributed by atoms with Crippen molar-refractivity contribution in [2.24, 2.45) is 0 Å². The Morgan fingerprint density at radius 3 is 1.22 bits per heavy atom. The normalized spacial score (nSPS) is 12.9. The fourth-order valence-corrected chi connectivity index (χ4v) is 21.5. The van der Waals surface area contributed by atoms with E-state index in [9.17, 15) is 0 Å².